The number of piperazine rings is 1. The Balaban J connectivity index is 1.35. The summed E-state index contributed by atoms with van der Waals surface area (Å²) in [7, 11) is 1.60. The molecule has 0 aromatic heterocycles. The van der Waals surface area contributed by atoms with Crippen LogP contribution in [-0.4, -0.2) is 75.2 Å². The first-order chi connectivity index (χ1) is 13.6. The van der Waals surface area contributed by atoms with Crippen LogP contribution in [0.4, 0.5) is 5.69 Å². The van der Waals surface area contributed by atoms with Crippen molar-refractivity contribution >= 4 is 17.5 Å². The molecule has 7 heteroatoms. The van der Waals surface area contributed by atoms with Gasteiger partial charge in [0.2, 0.25) is 5.91 Å². The number of hydrogen-bond donors (Lipinski definition) is 2. The van der Waals surface area contributed by atoms with Gasteiger partial charge in [-0.3, -0.25) is 9.59 Å². The van der Waals surface area contributed by atoms with Gasteiger partial charge in [-0.1, -0.05) is 18.2 Å². The zero-order chi connectivity index (χ0) is 19.8. The topological polar surface area (TPSA) is 73.9 Å². The Hall–Kier alpha value is -2.12. The normalized spacial score (nSPS) is 19.3. The molecule has 2 saturated heterocycles. The second kappa shape index (κ2) is 9.89. The van der Waals surface area contributed by atoms with Crippen molar-refractivity contribution in [1.82, 2.24) is 15.5 Å². The number of hydrogen-bond acceptors (Lipinski definition) is 5. The van der Waals surface area contributed by atoms with E-state index in [2.05, 4.69) is 27.7 Å². The van der Waals surface area contributed by atoms with Crippen LogP contribution in [0.1, 0.15) is 25.7 Å². The molecule has 2 aliphatic rings. The number of nitrogens with zero attached hydrogens (tertiary/aromatic N) is 2. The maximum Gasteiger partial charge on any atom is 0.252 e. The van der Waals surface area contributed by atoms with Gasteiger partial charge >= 0.3 is 0 Å². The number of piperidine rings is 1. The first kappa shape index (κ1) is 20.6. The highest BCUT2D eigenvalue weighted by Gasteiger charge is 2.39. The molecule has 3 rings (SSSR count). The van der Waals surface area contributed by atoms with Crippen molar-refractivity contribution in [3.63, 3.8) is 0 Å². The quantitative estimate of drug-likeness (QED) is 0.682. The minimum Gasteiger partial charge on any atom is -0.368 e. The van der Waals surface area contributed by atoms with Crippen molar-refractivity contribution < 1.29 is 14.3 Å². The van der Waals surface area contributed by atoms with Crippen molar-refractivity contribution in [3.8, 4) is 0 Å². The number of nitrogens with one attached hydrogen (secondary N) is 2. The zero-order valence-corrected chi connectivity index (χ0v) is 16.8. The molecule has 28 heavy (non-hydrogen) atoms. The van der Waals surface area contributed by atoms with Gasteiger partial charge in [0.05, 0.1) is 0 Å². The molecule has 0 radical (unpaired) electrons. The molecular formula is C21H32N4O3. The first-order valence-electron chi connectivity index (χ1n) is 10.3. The van der Waals surface area contributed by atoms with Gasteiger partial charge in [0, 0.05) is 51.9 Å². The van der Waals surface area contributed by atoms with Crippen molar-refractivity contribution in [1.29, 1.82) is 0 Å². The highest BCUT2D eigenvalue weighted by atomic mass is 16.5. The first-order valence-corrected chi connectivity index (χ1v) is 10.3. The highest BCUT2D eigenvalue weighted by molar-refractivity contribution is 5.85. The molecule has 0 unspecified atom stereocenters. The number of benzene rings is 1. The van der Waals surface area contributed by atoms with E-state index in [0.29, 0.717) is 32.2 Å². The summed E-state index contributed by atoms with van der Waals surface area (Å²) in [6.07, 6.45) is 2.48. The smallest absolute Gasteiger partial charge is 0.252 e. The third kappa shape index (κ3) is 5.02. The number of amides is 2. The second-order valence-corrected chi connectivity index (χ2v) is 7.51. The number of carbonyl (C=O) groups excluding carboxylic acids is 2. The Morgan fingerprint density at radius 3 is 2.43 bits per heavy atom. The largest absolute Gasteiger partial charge is 0.368 e. The van der Waals surface area contributed by atoms with Crippen LogP contribution in [-0.2, 0) is 14.3 Å². The van der Waals surface area contributed by atoms with Crippen molar-refractivity contribution in [2.45, 2.75) is 31.3 Å². The summed E-state index contributed by atoms with van der Waals surface area (Å²) in [6, 6.07) is 10.3. The zero-order valence-electron chi connectivity index (χ0n) is 16.8. The average Bonchev–Trinajstić information content (AvgIpc) is 2.77. The molecule has 2 heterocycles. The molecule has 0 atom stereocenters. The molecule has 2 N–H and O–H groups in total. The molecule has 2 aliphatic heterocycles. The third-order valence-electron chi connectivity index (χ3n) is 5.82. The lowest BCUT2D eigenvalue weighted by molar-refractivity contribution is -0.146. The van der Waals surface area contributed by atoms with E-state index in [4.69, 9.17) is 4.74 Å². The fraction of sp³-hybridized carbons (Fsp3) is 0.619. The van der Waals surface area contributed by atoms with Crippen molar-refractivity contribution in [3.05, 3.63) is 30.3 Å². The summed E-state index contributed by atoms with van der Waals surface area (Å²) >= 11 is 0. The molecule has 154 valence electrons. The highest BCUT2D eigenvalue weighted by Crippen LogP contribution is 2.22. The molecule has 2 amide bonds. The Labute approximate surface area is 167 Å². The van der Waals surface area contributed by atoms with Crippen LogP contribution in [0.15, 0.2) is 30.3 Å². The maximum absolute atomic E-state index is 12.5. The van der Waals surface area contributed by atoms with Crippen LogP contribution >= 0.6 is 0 Å². The Kier molecular flexibility index (Phi) is 7.28. The van der Waals surface area contributed by atoms with Gasteiger partial charge in [0.25, 0.3) is 5.91 Å². The molecule has 0 bridgehead atoms. The van der Waals surface area contributed by atoms with E-state index in [0.717, 1.165) is 39.3 Å². The molecular weight excluding hydrogens is 356 g/mol. The Morgan fingerprint density at radius 2 is 1.79 bits per heavy atom. The summed E-state index contributed by atoms with van der Waals surface area (Å²) < 4.78 is 5.53. The molecule has 1 aromatic rings. The van der Waals surface area contributed by atoms with E-state index in [1.54, 1.807) is 7.11 Å². The lowest BCUT2D eigenvalue weighted by Crippen LogP contribution is -2.54. The number of methoxy groups -OCH3 is 1. The summed E-state index contributed by atoms with van der Waals surface area (Å²) in [4.78, 5) is 29.2. The summed E-state index contributed by atoms with van der Waals surface area (Å²) in [6.45, 7) is 5.30. The summed E-state index contributed by atoms with van der Waals surface area (Å²) in [5, 5.41) is 6.21. The Morgan fingerprint density at radius 1 is 1.11 bits per heavy atom. The SMILES string of the molecule is COC1(C(=O)NCCCC(=O)N2CCN(c3ccccc3)CC2)CCNCC1. The predicted molar refractivity (Wildman–Crippen MR) is 109 cm³/mol. The van der Waals surface area contributed by atoms with Crippen molar-refractivity contribution in [2.24, 2.45) is 0 Å². The molecule has 7 nitrogen and oxygen atoms in total. The van der Waals surface area contributed by atoms with Gasteiger partial charge in [0.1, 0.15) is 5.60 Å². The third-order valence-corrected chi connectivity index (χ3v) is 5.82. The number of anilines is 1. The van der Waals surface area contributed by atoms with Gasteiger partial charge in [0.15, 0.2) is 0 Å². The van der Waals surface area contributed by atoms with Gasteiger partial charge in [-0.25, -0.2) is 0 Å². The average molecular weight is 389 g/mol. The maximum atomic E-state index is 12.5. The van der Waals surface area contributed by atoms with Crippen LogP contribution < -0.4 is 15.5 Å². The van der Waals surface area contributed by atoms with E-state index in [9.17, 15) is 9.59 Å². The summed E-state index contributed by atoms with van der Waals surface area (Å²) in [5.74, 6) is 0.116. The van der Waals surface area contributed by atoms with Crippen LogP contribution in [0.2, 0.25) is 0 Å². The van der Waals surface area contributed by atoms with Crippen LogP contribution in [0.25, 0.3) is 0 Å². The standard InChI is InChI=1S/C21H32N4O3/c1-28-21(9-12-22-13-10-21)20(27)23-11-5-8-19(26)25-16-14-24(15-17-25)18-6-3-2-4-7-18/h2-4,6-7,22H,5,8-17H2,1H3,(H,23,27). The van der Waals surface area contributed by atoms with E-state index < -0.39 is 5.60 Å². The number of rotatable bonds is 7. The van der Waals surface area contributed by atoms with E-state index in [1.807, 2.05) is 23.1 Å². The Bertz CT molecular complexity index is 638. The van der Waals surface area contributed by atoms with Crippen LogP contribution in [0.3, 0.4) is 0 Å². The van der Waals surface area contributed by atoms with Crippen molar-refractivity contribution in [2.75, 3.05) is 57.8 Å². The minimum absolute atomic E-state index is 0.0552. The number of carbonyl (C=O) groups is 2. The summed E-state index contributed by atoms with van der Waals surface area (Å²) in [5.41, 5.74) is 0.491. The fourth-order valence-electron chi connectivity index (χ4n) is 3.97. The lowest BCUT2D eigenvalue weighted by atomic mass is 9.91. The molecule has 2 fully saturated rings. The van der Waals surface area contributed by atoms with Crippen LogP contribution in [0.5, 0.6) is 0 Å². The molecule has 0 spiro atoms. The van der Waals surface area contributed by atoms with E-state index >= 15 is 0 Å². The molecule has 0 saturated carbocycles. The fourth-order valence-corrected chi connectivity index (χ4v) is 3.97. The number of ether oxygens (including phenoxy) is 1. The predicted octanol–water partition coefficient (Wildman–Crippen LogP) is 1.00. The van der Waals surface area contributed by atoms with Crippen LogP contribution in [0, 0.1) is 0 Å². The minimum atomic E-state index is -0.719. The number of para-hydroxylation sites is 1. The van der Waals surface area contributed by atoms with Gasteiger partial charge in [-0.2, -0.15) is 0 Å². The van der Waals surface area contributed by atoms with Gasteiger partial charge < -0.3 is 25.2 Å². The van der Waals surface area contributed by atoms with E-state index in [-0.39, 0.29) is 11.8 Å². The molecule has 0 aliphatic carbocycles. The molecule has 1 aromatic carbocycles. The second-order valence-electron chi connectivity index (χ2n) is 7.51. The van der Waals surface area contributed by atoms with Gasteiger partial charge in [-0.15, -0.1) is 0 Å². The monoisotopic (exact) mass is 388 g/mol. The van der Waals surface area contributed by atoms with E-state index in [1.165, 1.54) is 5.69 Å². The van der Waals surface area contributed by atoms with Gasteiger partial charge in [-0.05, 0) is 44.5 Å². The lowest BCUT2D eigenvalue weighted by Gasteiger charge is -2.36.